The number of benzene rings is 1. The number of hydrogen-bond acceptors (Lipinski definition) is 5. The Labute approximate surface area is 165 Å². The van der Waals surface area contributed by atoms with E-state index in [1.807, 2.05) is 0 Å². The van der Waals surface area contributed by atoms with Gasteiger partial charge < -0.3 is 19.9 Å². The number of amides is 1. The number of hydrogen-bond donors (Lipinski definition) is 2. The summed E-state index contributed by atoms with van der Waals surface area (Å²) in [7, 11) is 1.38. The number of aromatic nitrogens is 1. The molecule has 29 heavy (non-hydrogen) atoms. The van der Waals surface area contributed by atoms with Gasteiger partial charge >= 0.3 is 6.18 Å². The lowest BCUT2D eigenvalue weighted by molar-refractivity contribution is -0.137. The smallest absolute Gasteiger partial charge is 0.416 e. The van der Waals surface area contributed by atoms with E-state index < -0.39 is 17.6 Å². The van der Waals surface area contributed by atoms with E-state index in [2.05, 4.69) is 10.3 Å². The van der Waals surface area contributed by atoms with E-state index in [1.54, 1.807) is 0 Å². The van der Waals surface area contributed by atoms with E-state index in [1.165, 1.54) is 31.5 Å². The minimum absolute atomic E-state index is 0.104. The number of halogens is 3. The summed E-state index contributed by atoms with van der Waals surface area (Å²) in [6.07, 6.45) is -0.567. The highest BCUT2D eigenvalue weighted by molar-refractivity contribution is 5.95. The largest absolute Gasteiger partial charge is 0.503 e. The summed E-state index contributed by atoms with van der Waals surface area (Å²) in [5.41, 5.74) is -0.821. The van der Waals surface area contributed by atoms with Crippen molar-refractivity contribution in [2.45, 2.75) is 44.0 Å². The molecule has 1 heterocycles. The van der Waals surface area contributed by atoms with Crippen LogP contribution in [0.4, 0.5) is 13.2 Å². The number of rotatable bonds is 5. The average Bonchev–Trinajstić information content (AvgIpc) is 2.69. The van der Waals surface area contributed by atoms with Crippen LogP contribution in [-0.4, -0.2) is 35.3 Å². The fourth-order valence-corrected chi connectivity index (χ4v) is 3.26. The van der Waals surface area contributed by atoms with Crippen LogP contribution in [0, 0.1) is 0 Å². The van der Waals surface area contributed by atoms with Crippen molar-refractivity contribution in [3.8, 4) is 17.2 Å². The van der Waals surface area contributed by atoms with Crippen molar-refractivity contribution in [2.75, 3.05) is 7.11 Å². The predicted octanol–water partition coefficient (Wildman–Crippen LogP) is 3.93. The Morgan fingerprint density at radius 1 is 1.14 bits per heavy atom. The molecule has 1 aromatic carbocycles. The van der Waals surface area contributed by atoms with Gasteiger partial charge in [-0.25, -0.2) is 4.98 Å². The Kier molecular flexibility index (Phi) is 6.14. The average molecular weight is 410 g/mol. The van der Waals surface area contributed by atoms with Gasteiger partial charge in [0.05, 0.1) is 18.8 Å². The second-order valence-corrected chi connectivity index (χ2v) is 6.80. The number of nitrogens with one attached hydrogen (secondary N) is 1. The Balaban J connectivity index is 1.51. The van der Waals surface area contributed by atoms with Gasteiger partial charge in [-0.15, -0.1) is 0 Å². The molecule has 2 N–H and O–H groups in total. The van der Waals surface area contributed by atoms with Crippen LogP contribution in [0.25, 0.3) is 0 Å². The number of carbonyl (C=O) groups is 1. The molecule has 0 bridgehead atoms. The van der Waals surface area contributed by atoms with Gasteiger partial charge in [-0.3, -0.25) is 4.79 Å². The molecule has 156 valence electrons. The van der Waals surface area contributed by atoms with Gasteiger partial charge in [-0.2, -0.15) is 13.2 Å². The summed E-state index contributed by atoms with van der Waals surface area (Å²) >= 11 is 0. The van der Waals surface area contributed by atoms with Crippen LogP contribution in [0.1, 0.15) is 41.7 Å². The molecule has 0 spiro atoms. The molecular formula is C20H21F3N2O4. The minimum Gasteiger partial charge on any atom is -0.503 e. The fourth-order valence-electron chi connectivity index (χ4n) is 3.26. The van der Waals surface area contributed by atoms with E-state index in [0.29, 0.717) is 31.4 Å². The van der Waals surface area contributed by atoms with Gasteiger partial charge in [-0.1, -0.05) is 0 Å². The summed E-state index contributed by atoms with van der Waals surface area (Å²) in [6, 6.07) is 5.96. The first kappa shape index (κ1) is 20.8. The lowest BCUT2D eigenvalue weighted by Gasteiger charge is -2.29. The second-order valence-electron chi connectivity index (χ2n) is 6.80. The molecule has 1 fully saturated rings. The lowest BCUT2D eigenvalue weighted by atomic mass is 9.92. The van der Waals surface area contributed by atoms with E-state index in [9.17, 15) is 23.1 Å². The maximum atomic E-state index is 12.6. The first-order valence-corrected chi connectivity index (χ1v) is 9.14. The predicted molar refractivity (Wildman–Crippen MR) is 98.0 cm³/mol. The minimum atomic E-state index is -4.37. The van der Waals surface area contributed by atoms with E-state index in [-0.39, 0.29) is 29.3 Å². The van der Waals surface area contributed by atoms with Crippen molar-refractivity contribution < 1.29 is 32.5 Å². The summed E-state index contributed by atoms with van der Waals surface area (Å²) in [5.74, 6) is -0.255. The molecular weight excluding hydrogens is 389 g/mol. The van der Waals surface area contributed by atoms with Gasteiger partial charge in [0, 0.05) is 18.3 Å². The zero-order valence-electron chi connectivity index (χ0n) is 15.7. The van der Waals surface area contributed by atoms with Crippen molar-refractivity contribution in [1.82, 2.24) is 10.3 Å². The molecule has 1 aliphatic carbocycles. The third-order valence-electron chi connectivity index (χ3n) is 4.82. The highest BCUT2D eigenvalue weighted by Gasteiger charge is 2.30. The molecule has 0 aliphatic heterocycles. The van der Waals surface area contributed by atoms with Gasteiger partial charge in [0.15, 0.2) is 17.2 Å². The molecule has 6 nitrogen and oxygen atoms in total. The number of methoxy groups -OCH3 is 1. The van der Waals surface area contributed by atoms with Gasteiger partial charge in [0.25, 0.3) is 5.91 Å². The molecule has 3 rings (SSSR count). The van der Waals surface area contributed by atoms with Crippen molar-refractivity contribution in [2.24, 2.45) is 0 Å². The Morgan fingerprint density at radius 3 is 2.38 bits per heavy atom. The number of pyridine rings is 1. The third-order valence-corrected chi connectivity index (χ3v) is 4.82. The second kappa shape index (κ2) is 8.59. The zero-order chi connectivity index (χ0) is 21.0. The molecule has 1 aromatic heterocycles. The quantitative estimate of drug-likeness (QED) is 0.781. The lowest BCUT2D eigenvalue weighted by Crippen LogP contribution is -2.40. The van der Waals surface area contributed by atoms with Gasteiger partial charge in [0.2, 0.25) is 0 Å². The van der Waals surface area contributed by atoms with Crippen molar-refractivity contribution in [1.29, 1.82) is 0 Å². The van der Waals surface area contributed by atoms with E-state index >= 15 is 0 Å². The number of ether oxygens (including phenoxy) is 2. The summed E-state index contributed by atoms with van der Waals surface area (Å²) in [5, 5.41) is 12.9. The maximum absolute atomic E-state index is 12.6. The Bertz CT molecular complexity index is 848. The van der Waals surface area contributed by atoms with Crippen molar-refractivity contribution >= 4 is 5.91 Å². The molecule has 0 saturated heterocycles. The summed E-state index contributed by atoms with van der Waals surface area (Å²) in [6.45, 7) is 0. The van der Waals surface area contributed by atoms with Crippen LogP contribution in [0.3, 0.4) is 0 Å². The third kappa shape index (κ3) is 5.10. The normalized spacial score (nSPS) is 19.4. The first-order valence-electron chi connectivity index (χ1n) is 9.14. The molecule has 2 aromatic rings. The number of carbonyl (C=O) groups excluding carboxylic acids is 1. The van der Waals surface area contributed by atoms with Crippen LogP contribution in [0.5, 0.6) is 17.2 Å². The Hall–Kier alpha value is -2.97. The number of aromatic hydroxyl groups is 1. The van der Waals surface area contributed by atoms with Crippen LogP contribution >= 0.6 is 0 Å². The van der Waals surface area contributed by atoms with Gasteiger partial charge in [0.1, 0.15) is 5.75 Å². The SMILES string of the molecule is COc1ccnc(C(=O)N[C@H]2CC[C@@H](Oc3ccc(C(F)(F)F)cc3)CC2)c1O. The van der Waals surface area contributed by atoms with E-state index in [4.69, 9.17) is 9.47 Å². The molecule has 0 atom stereocenters. The molecule has 1 aliphatic rings. The number of nitrogens with zero attached hydrogens (tertiary/aromatic N) is 1. The highest BCUT2D eigenvalue weighted by atomic mass is 19.4. The zero-order valence-corrected chi connectivity index (χ0v) is 15.7. The monoisotopic (exact) mass is 410 g/mol. The van der Waals surface area contributed by atoms with Crippen molar-refractivity contribution in [3.05, 3.63) is 47.8 Å². The van der Waals surface area contributed by atoms with E-state index in [0.717, 1.165) is 12.1 Å². The fraction of sp³-hybridized carbons (Fsp3) is 0.400. The summed E-state index contributed by atoms with van der Waals surface area (Å²) < 4.78 is 48.6. The van der Waals surface area contributed by atoms with Crippen LogP contribution in [0.15, 0.2) is 36.5 Å². The molecule has 0 radical (unpaired) electrons. The molecule has 1 saturated carbocycles. The maximum Gasteiger partial charge on any atom is 0.416 e. The summed E-state index contributed by atoms with van der Waals surface area (Å²) in [4.78, 5) is 16.3. The number of alkyl halides is 3. The molecule has 0 unspecified atom stereocenters. The molecule has 9 heteroatoms. The first-order chi connectivity index (χ1) is 13.8. The topological polar surface area (TPSA) is 80.7 Å². The van der Waals surface area contributed by atoms with Crippen LogP contribution < -0.4 is 14.8 Å². The van der Waals surface area contributed by atoms with Crippen LogP contribution in [-0.2, 0) is 6.18 Å². The highest BCUT2D eigenvalue weighted by Crippen LogP contribution is 2.32. The Morgan fingerprint density at radius 2 is 1.79 bits per heavy atom. The standard InChI is InChI=1S/C20H21F3N2O4/c1-28-16-10-11-24-17(18(16)26)19(27)25-13-4-8-15(9-5-13)29-14-6-2-12(3-7-14)20(21,22)23/h2-3,6-7,10-11,13,15,26H,4-5,8-9H2,1H3,(H,25,27)/t13-,15+. The van der Waals surface area contributed by atoms with Crippen LogP contribution in [0.2, 0.25) is 0 Å². The van der Waals surface area contributed by atoms with Gasteiger partial charge in [-0.05, 0) is 49.9 Å². The molecule has 1 amide bonds. The van der Waals surface area contributed by atoms with Crippen molar-refractivity contribution in [3.63, 3.8) is 0 Å².